The molecule has 0 saturated carbocycles. The van der Waals surface area contributed by atoms with E-state index < -0.39 is 5.97 Å². The van der Waals surface area contributed by atoms with E-state index in [1.165, 1.54) is 19.2 Å². The first kappa shape index (κ1) is 14.7. The van der Waals surface area contributed by atoms with Crippen molar-refractivity contribution in [2.45, 2.75) is 19.9 Å². The summed E-state index contributed by atoms with van der Waals surface area (Å²) in [5, 5.41) is 5.50. The van der Waals surface area contributed by atoms with Crippen molar-refractivity contribution in [3.05, 3.63) is 17.8 Å². The summed E-state index contributed by atoms with van der Waals surface area (Å²) in [7, 11) is 1.27. The Balaban J connectivity index is 2.72. The number of nitrogens with one attached hydrogen (secondary N) is 2. The molecule has 1 aromatic rings. The molecule has 0 radical (unpaired) electrons. The van der Waals surface area contributed by atoms with Crippen molar-refractivity contribution in [2.24, 2.45) is 0 Å². The van der Waals surface area contributed by atoms with Crippen LogP contribution in [0.25, 0.3) is 0 Å². The topological polar surface area (TPSA) is 106 Å². The van der Waals surface area contributed by atoms with Gasteiger partial charge in [-0.2, -0.15) is 0 Å². The Labute approximate surface area is 111 Å². The van der Waals surface area contributed by atoms with Gasteiger partial charge >= 0.3 is 5.97 Å². The van der Waals surface area contributed by atoms with E-state index in [4.69, 9.17) is 5.73 Å². The van der Waals surface area contributed by atoms with Crippen molar-refractivity contribution < 1.29 is 14.3 Å². The van der Waals surface area contributed by atoms with Gasteiger partial charge in [-0.3, -0.25) is 4.79 Å². The minimum atomic E-state index is -0.560. The fourth-order valence-electron chi connectivity index (χ4n) is 1.37. The molecule has 4 N–H and O–H groups in total. The molecule has 0 fully saturated rings. The van der Waals surface area contributed by atoms with Crippen LogP contribution in [0.4, 0.5) is 11.5 Å². The third-order valence-corrected chi connectivity index (χ3v) is 2.19. The van der Waals surface area contributed by atoms with Crippen LogP contribution >= 0.6 is 0 Å². The third-order valence-electron chi connectivity index (χ3n) is 2.19. The molecule has 0 saturated heterocycles. The van der Waals surface area contributed by atoms with Gasteiger partial charge in [-0.05, 0) is 26.0 Å². The number of hydrogen-bond donors (Lipinski definition) is 3. The van der Waals surface area contributed by atoms with Crippen molar-refractivity contribution in [2.75, 3.05) is 24.7 Å². The maximum atomic E-state index is 11.5. The van der Waals surface area contributed by atoms with E-state index in [0.717, 1.165) is 0 Å². The quantitative estimate of drug-likeness (QED) is 0.665. The lowest BCUT2D eigenvalue weighted by molar-refractivity contribution is -0.119. The average molecular weight is 266 g/mol. The molecule has 7 nitrogen and oxygen atoms in total. The van der Waals surface area contributed by atoms with Crippen molar-refractivity contribution in [3.63, 3.8) is 0 Å². The van der Waals surface area contributed by atoms with E-state index in [2.05, 4.69) is 20.4 Å². The van der Waals surface area contributed by atoms with Crippen LogP contribution in [-0.4, -0.2) is 36.6 Å². The number of anilines is 2. The number of aromatic nitrogens is 1. The highest BCUT2D eigenvalue weighted by Gasteiger charge is 2.11. The van der Waals surface area contributed by atoms with Crippen molar-refractivity contribution in [1.29, 1.82) is 0 Å². The van der Waals surface area contributed by atoms with Gasteiger partial charge in [-0.1, -0.05) is 0 Å². The molecule has 0 aliphatic heterocycles. The second-order valence-corrected chi connectivity index (χ2v) is 4.20. The molecule has 0 aliphatic carbocycles. The van der Waals surface area contributed by atoms with Crippen LogP contribution in [0.5, 0.6) is 0 Å². The summed E-state index contributed by atoms with van der Waals surface area (Å²) in [6.07, 6.45) is 0. The van der Waals surface area contributed by atoms with Crippen LogP contribution in [0.15, 0.2) is 12.1 Å². The standard InChI is InChI=1S/C12H18N4O3/c1-7(2)15-10(17)6-14-11-8(13)4-5-9(16-11)12(18)19-3/h4-5,7H,6,13H2,1-3H3,(H,14,16)(H,15,17). The SMILES string of the molecule is COC(=O)c1ccc(N)c(NCC(=O)NC(C)C)n1. The zero-order chi connectivity index (χ0) is 14.4. The summed E-state index contributed by atoms with van der Waals surface area (Å²) in [5.74, 6) is -0.462. The number of amides is 1. The first-order valence-corrected chi connectivity index (χ1v) is 5.82. The predicted octanol–water partition coefficient (Wildman–Crippen LogP) is 0.387. The van der Waals surface area contributed by atoms with Crippen molar-refractivity contribution >= 4 is 23.4 Å². The first-order chi connectivity index (χ1) is 8.93. The second-order valence-electron chi connectivity index (χ2n) is 4.20. The number of hydrogen-bond acceptors (Lipinski definition) is 6. The van der Waals surface area contributed by atoms with E-state index in [1.54, 1.807) is 0 Å². The van der Waals surface area contributed by atoms with Gasteiger partial charge < -0.3 is 21.1 Å². The molecule has 104 valence electrons. The van der Waals surface area contributed by atoms with Gasteiger partial charge in [0.05, 0.1) is 19.3 Å². The second kappa shape index (κ2) is 6.58. The number of carbonyl (C=O) groups excluding carboxylic acids is 2. The fraction of sp³-hybridized carbons (Fsp3) is 0.417. The van der Waals surface area contributed by atoms with Crippen LogP contribution in [0.3, 0.4) is 0 Å². The zero-order valence-corrected chi connectivity index (χ0v) is 11.2. The number of carbonyl (C=O) groups is 2. The summed E-state index contributed by atoms with van der Waals surface area (Å²) in [4.78, 5) is 26.8. The smallest absolute Gasteiger partial charge is 0.356 e. The summed E-state index contributed by atoms with van der Waals surface area (Å²) in [5.41, 5.74) is 6.19. The normalized spacial score (nSPS) is 10.1. The summed E-state index contributed by atoms with van der Waals surface area (Å²) in [6, 6.07) is 3.05. The maximum absolute atomic E-state index is 11.5. The monoisotopic (exact) mass is 266 g/mol. The number of methoxy groups -OCH3 is 1. The lowest BCUT2D eigenvalue weighted by atomic mass is 10.3. The number of nitrogen functional groups attached to an aromatic ring is 1. The Morgan fingerprint density at radius 1 is 1.42 bits per heavy atom. The van der Waals surface area contributed by atoms with E-state index in [9.17, 15) is 9.59 Å². The van der Waals surface area contributed by atoms with E-state index in [0.29, 0.717) is 5.69 Å². The Hall–Kier alpha value is -2.31. The Morgan fingerprint density at radius 3 is 2.68 bits per heavy atom. The van der Waals surface area contributed by atoms with Gasteiger partial charge in [-0.15, -0.1) is 0 Å². The number of esters is 1. The van der Waals surface area contributed by atoms with Gasteiger partial charge in [0.1, 0.15) is 0 Å². The van der Waals surface area contributed by atoms with Crippen molar-refractivity contribution in [3.8, 4) is 0 Å². The van der Waals surface area contributed by atoms with Gasteiger partial charge in [-0.25, -0.2) is 9.78 Å². The minimum absolute atomic E-state index is 0.0278. The number of nitrogens with zero attached hydrogens (tertiary/aromatic N) is 1. The molecule has 0 bridgehead atoms. The highest BCUT2D eigenvalue weighted by atomic mass is 16.5. The van der Waals surface area contributed by atoms with Crippen LogP contribution < -0.4 is 16.4 Å². The number of nitrogens with two attached hydrogens (primary N) is 1. The van der Waals surface area contributed by atoms with E-state index >= 15 is 0 Å². The lowest BCUT2D eigenvalue weighted by Crippen LogP contribution is -2.35. The highest BCUT2D eigenvalue weighted by Crippen LogP contribution is 2.15. The average Bonchev–Trinajstić information content (AvgIpc) is 2.36. The molecular formula is C12H18N4O3. The molecular weight excluding hydrogens is 248 g/mol. The Morgan fingerprint density at radius 2 is 2.11 bits per heavy atom. The van der Waals surface area contributed by atoms with E-state index in [1.807, 2.05) is 13.8 Å². The lowest BCUT2D eigenvalue weighted by Gasteiger charge is -2.11. The van der Waals surface area contributed by atoms with Gasteiger partial charge in [0, 0.05) is 6.04 Å². The molecule has 1 rings (SSSR count). The molecule has 0 aliphatic rings. The Bertz CT molecular complexity index is 474. The van der Waals surface area contributed by atoms with Crippen LogP contribution in [-0.2, 0) is 9.53 Å². The molecule has 0 spiro atoms. The predicted molar refractivity (Wildman–Crippen MR) is 71.8 cm³/mol. The molecule has 19 heavy (non-hydrogen) atoms. The fourth-order valence-corrected chi connectivity index (χ4v) is 1.37. The van der Waals surface area contributed by atoms with E-state index in [-0.39, 0.29) is 30.0 Å². The molecule has 1 aromatic heterocycles. The highest BCUT2D eigenvalue weighted by molar-refractivity contribution is 5.89. The van der Waals surface area contributed by atoms with Crippen molar-refractivity contribution in [1.82, 2.24) is 10.3 Å². The number of pyridine rings is 1. The third kappa shape index (κ3) is 4.46. The summed E-state index contributed by atoms with van der Waals surface area (Å²) >= 11 is 0. The van der Waals surface area contributed by atoms with Gasteiger partial charge in [0.2, 0.25) is 5.91 Å². The molecule has 7 heteroatoms. The maximum Gasteiger partial charge on any atom is 0.356 e. The summed E-state index contributed by atoms with van der Waals surface area (Å²) in [6.45, 7) is 3.75. The molecule has 0 aromatic carbocycles. The molecule has 0 unspecified atom stereocenters. The number of rotatable bonds is 5. The van der Waals surface area contributed by atoms with Crippen LogP contribution in [0.1, 0.15) is 24.3 Å². The zero-order valence-electron chi connectivity index (χ0n) is 11.2. The largest absolute Gasteiger partial charge is 0.464 e. The molecule has 1 heterocycles. The number of ether oxygens (including phenoxy) is 1. The van der Waals surface area contributed by atoms with Crippen LogP contribution in [0.2, 0.25) is 0 Å². The Kier molecular flexibility index (Phi) is 5.11. The van der Waals surface area contributed by atoms with Gasteiger partial charge in [0.15, 0.2) is 11.5 Å². The molecule has 0 atom stereocenters. The first-order valence-electron chi connectivity index (χ1n) is 5.82. The molecule has 1 amide bonds. The minimum Gasteiger partial charge on any atom is -0.464 e. The van der Waals surface area contributed by atoms with Gasteiger partial charge in [0.25, 0.3) is 0 Å². The van der Waals surface area contributed by atoms with Crippen LogP contribution in [0, 0.1) is 0 Å². The summed E-state index contributed by atoms with van der Waals surface area (Å²) < 4.78 is 4.56.